The molecule has 3 heterocycles. The molecule has 0 amide bonds. The van der Waals surface area contributed by atoms with Crippen molar-refractivity contribution in [3.63, 3.8) is 0 Å². The van der Waals surface area contributed by atoms with Crippen molar-refractivity contribution in [2.75, 3.05) is 6.54 Å². The molecular formula is C25H26N4O3. The minimum absolute atomic E-state index is 0.170. The van der Waals surface area contributed by atoms with Crippen LogP contribution in [-0.4, -0.2) is 26.2 Å². The highest BCUT2D eigenvalue weighted by molar-refractivity contribution is 5.85. The number of aromatic nitrogens is 3. The van der Waals surface area contributed by atoms with Gasteiger partial charge < -0.3 is 15.4 Å². The first-order chi connectivity index (χ1) is 15.5. The number of hydrogen-bond donors (Lipinski definition) is 4. The summed E-state index contributed by atoms with van der Waals surface area (Å²) in [5.41, 5.74) is 3.16. The number of aromatic hydroxyl groups is 1. The second-order valence-electron chi connectivity index (χ2n) is 8.44. The van der Waals surface area contributed by atoms with Gasteiger partial charge in [-0.05, 0) is 43.4 Å². The van der Waals surface area contributed by atoms with Gasteiger partial charge in [-0.15, -0.1) is 0 Å². The fourth-order valence-corrected chi connectivity index (χ4v) is 4.80. The SMILES string of the molecule is CC(CCc1ccccc1)n1c(O)c(C2NCCc3c2[nH]c2ccccc32)c(=O)[nH]c1=O. The van der Waals surface area contributed by atoms with Crippen LogP contribution in [-0.2, 0) is 12.8 Å². The standard InChI is InChI=1S/C25H26N4O3/c1-15(11-12-16-7-3-2-4-8-16)29-24(31)20(23(30)28-25(29)32)22-21-18(13-14-26-22)17-9-5-6-10-19(17)27-21/h2-10,15,22,26-27,31H,11-14H2,1H3,(H,28,30,32). The second-order valence-corrected chi connectivity index (χ2v) is 8.44. The highest BCUT2D eigenvalue weighted by Crippen LogP contribution is 2.35. The predicted octanol–water partition coefficient (Wildman–Crippen LogP) is 3.15. The number of para-hydroxylation sites is 1. The molecule has 2 aromatic carbocycles. The molecule has 164 valence electrons. The maximum Gasteiger partial charge on any atom is 0.331 e. The Kier molecular flexibility index (Phi) is 5.19. The van der Waals surface area contributed by atoms with Gasteiger partial charge >= 0.3 is 5.69 Å². The number of fused-ring (bicyclic) bond motifs is 3. The Morgan fingerprint density at radius 3 is 2.62 bits per heavy atom. The summed E-state index contributed by atoms with van der Waals surface area (Å²) in [5.74, 6) is -0.275. The monoisotopic (exact) mass is 430 g/mol. The zero-order valence-corrected chi connectivity index (χ0v) is 17.9. The van der Waals surface area contributed by atoms with Crippen LogP contribution in [0.2, 0.25) is 0 Å². The summed E-state index contributed by atoms with van der Waals surface area (Å²) in [4.78, 5) is 31.4. The van der Waals surface area contributed by atoms with Crippen molar-refractivity contribution in [1.29, 1.82) is 0 Å². The third-order valence-corrected chi connectivity index (χ3v) is 6.43. The van der Waals surface area contributed by atoms with Gasteiger partial charge in [0.05, 0.1) is 6.04 Å². The summed E-state index contributed by atoms with van der Waals surface area (Å²) >= 11 is 0. The van der Waals surface area contributed by atoms with Gasteiger partial charge in [0, 0.05) is 29.2 Å². The van der Waals surface area contributed by atoms with Crippen LogP contribution in [0, 0.1) is 0 Å². The third kappa shape index (κ3) is 3.44. The molecule has 4 aromatic rings. The topological polar surface area (TPSA) is 103 Å². The van der Waals surface area contributed by atoms with Crippen LogP contribution < -0.4 is 16.6 Å². The Morgan fingerprint density at radius 2 is 1.81 bits per heavy atom. The lowest BCUT2D eigenvalue weighted by Crippen LogP contribution is -2.39. The molecule has 7 nitrogen and oxygen atoms in total. The fourth-order valence-electron chi connectivity index (χ4n) is 4.80. The normalized spacial score (nSPS) is 16.7. The van der Waals surface area contributed by atoms with Crippen molar-refractivity contribution in [2.45, 2.75) is 38.3 Å². The highest BCUT2D eigenvalue weighted by Gasteiger charge is 2.31. The maximum absolute atomic E-state index is 12.9. The van der Waals surface area contributed by atoms with Gasteiger partial charge in [0.25, 0.3) is 5.56 Å². The molecule has 2 unspecified atom stereocenters. The van der Waals surface area contributed by atoms with Gasteiger partial charge in [0.1, 0.15) is 5.56 Å². The first-order valence-electron chi connectivity index (χ1n) is 11.0. The van der Waals surface area contributed by atoms with E-state index in [4.69, 9.17) is 0 Å². The molecule has 0 spiro atoms. The molecule has 2 atom stereocenters. The molecule has 0 saturated carbocycles. The van der Waals surface area contributed by atoms with Crippen molar-refractivity contribution in [3.05, 3.63) is 97.8 Å². The van der Waals surface area contributed by atoms with Crippen LogP contribution in [0.15, 0.2) is 64.2 Å². The Morgan fingerprint density at radius 1 is 1.06 bits per heavy atom. The zero-order valence-electron chi connectivity index (χ0n) is 17.9. The van der Waals surface area contributed by atoms with E-state index in [1.165, 1.54) is 4.57 Å². The molecule has 1 aliphatic rings. The number of nitrogens with one attached hydrogen (secondary N) is 3. The molecule has 0 aliphatic carbocycles. The molecule has 5 rings (SSSR count). The number of aromatic amines is 2. The molecule has 1 aliphatic heterocycles. The molecule has 0 fully saturated rings. The van der Waals surface area contributed by atoms with E-state index in [0.29, 0.717) is 13.0 Å². The van der Waals surface area contributed by atoms with Crippen molar-refractivity contribution in [2.24, 2.45) is 0 Å². The molecule has 0 saturated heterocycles. The van der Waals surface area contributed by atoms with Crippen molar-refractivity contribution < 1.29 is 5.11 Å². The van der Waals surface area contributed by atoms with E-state index in [2.05, 4.69) is 21.4 Å². The molecule has 7 heteroatoms. The van der Waals surface area contributed by atoms with E-state index in [-0.39, 0.29) is 17.5 Å². The van der Waals surface area contributed by atoms with Gasteiger partial charge in [-0.1, -0.05) is 48.5 Å². The van der Waals surface area contributed by atoms with Gasteiger partial charge in [-0.3, -0.25) is 14.3 Å². The summed E-state index contributed by atoms with van der Waals surface area (Å²) in [6.45, 7) is 2.55. The number of hydrogen-bond acceptors (Lipinski definition) is 4. The number of benzene rings is 2. The summed E-state index contributed by atoms with van der Waals surface area (Å²) in [6.07, 6.45) is 2.23. The second kappa shape index (κ2) is 8.16. The fraction of sp³-hybridized carbons (Fsp3) is 0.280. The largest absolute Gasteiger partial charge is 0.494 e. The Bertz CT molecular complexity index is 1380. The lowest BCUT2D eigenvalue weighted by Gasteiger charge is -2.26. The number of H-pyrrole nitrogens is 2. The smallest absolute Gasteiger partial charge is 0.331 e. The summed E-state index contributed by atoms with van der Waals surface area (Å²) in [6, 6.07) is 17.2. The van der Waals surface area contributed by atoms with Gasteiger partial charge in [0.15, 0.2) is 0 Å². The first kappa shape index (κ1) is 20.3. The summed E-state index contributed by atoms with van der Waals surface area (Å²) < 4.78 is 1.30. The number of aryl methyl sites for hydroxylation is 1. The molecule has 0 radical (unpaired) electrons. The van der Waals surface area contributed by atoms with E-state index in [1.54, 1.807) is 0 Å². The first-order valence-corrected chi connectivity index (χ1v) is 11.0. The van der Waals surface area contributed by atoms with Gasteiger partial charge in [0.2, 0.25) is 5.88 Å². The molecule has 4 N–H and O–H groups in total. The quantitative estimate of drug-likeness (QED) is 0.391. The Labute approximate surface area is 184 Å². The van der Waals surface area contributed by atoms with Crippen LogP contribution in [0.5, 0.6) is 5.88 Å². The lowest BCUT2D eigenvalue weighted by atomic mass is 9.95. The van der Waals surface area contributed by atoms with E-state index >= 15 is 0 Å². The van der Waals surface area contributed by atoms with Gasteiger partial charge in [-0.2, -0.15) is 0 Å². The van der Waals surface area contributed by atoms with Crippen LogP contribution in [0.1, 0.15) is 47.8 Å². The van der Waals surface area contributed by atoms with E-state index in [9.17, 15) is 14.7 Å². The van der Waals surface area contributed by atoms with Crippen LogP contribution >= 0.6 is 0 Å². The van der Waals surface area contributed by atoms with Crippen LogP contribution in [0.3, 0.4) is 0 Å². The Balaban J connectivity index is 1.55. The molecule has 0 bridgehead atoms. The predicted molar refractivity (Wildman–Crippen MR) is 124 cm³/mol. The van der Waals surface area contributed by atoms with Crippen molar-refractivity contribution in [3.8, 4) is 5.88 Å². The minimum atomic E-state index is -0.593. The number of rotatable bonds is 5. The third-order valence-electron chi connectivity index (χ3n) is 6.43. The van der Waals surface area contributed by atoms with Crippen LogP contribution in [0.4, 0.5) is 0 Å². The van der Waals surface area contributed by atoms with E-state index < -0.39 is 17.3 Å². The summed E-state index contributed by atoms with van der Waals surface area (Å²) in [5, 5.41) is 15.6. The average molecular weight is 431 g/mol. The maximum atomic E-state index is 12.9. The molecular weight excluding hydrogens is 404 g/mol. The average Bonchev–Trinajstić information content (AvgIpc) is 3.18. The zero-order chi connectivity index (χ0) is 22.2. The van der Waals surface area contributed by atoms with Crippen molar-refractivity contribution >= 4 is 10.9 Å². The summed E-state index contributed by atoms with van der Waals surface area (Å²) in [7, 11) is 0. The van der Waals surface area contributed by atoms with Gasteiger partial charge in [-0.25, -0.2) is 4.79 Å². The lowest BCUT2D eigenvalue weighted by molar-refractivity contribution is 0.349. The van der Waals surface area contributed by atoms with Crippen LogP contribution in [0.25, 0.3) is 10.9 Å². The molecule has 32 heavy (non-hydrogen) atoms. The van der Waals surface area contributed by atoms with E-state index in [1.807, 2.05) is 55.5 Å². The Hall–Kier alpha value is -3.58. The molecule has 2 aromatic heterocycles. The number of nitrogens with zero attached hydrogens (tertiary/aromatic N) is 1. The minimum Gasteiger partial charge on any atom is -0.494 e. The van der Waals surface area contributed by atoms with E-state index in [0.717, 1.165) is 40.6 Å². The highest BCUT2D eigenvalue weighted by atomic mass is 16.3. The van der Waals surface area contributed by atoms with Crippen molar-refractivity contribution in [1.82, 2.24) is 19.9 Å².